The number of rotatable bonds is 11. The highest BCUT2D eigenvalue weighted by molar-refractivity contribution is 5.64. The third kappa shape index (κ3) is 8.49. The van der Waals surface area contributed by atoms with Crippen LogP contribution in [-0.2, 0) is 10.8 Å². The lowest BCUT2D eigenvalue weighted by Gasteiger charge is -2.29. The summed E-state index contributed by atoms with van der Waals surface area (Å²) < 4.78 is 139. The Hall–Kier alpha value is -3.67. The van der Waals surface area contributed by atoms with Crippen molar-refractivity contribution >= 4 is 0 Å². The minimum atomic E-state index is -4.84. The zero-order valence-electron chi connectivity index (χ0n) is 23.5. The van der Waals surface area contributed by atoms with E-state index in [2.05, 4.69) is 16.4 Å². The van der Waals surface area contributed by atoms with E-state index in [1.54, 1.807) is 24.3 Å². The molecule has 1 fully saturated rings. The van der Waals surface area contributed by atoms with E-state index in [1.165, 1.54) is 12.8 Å². The van der Waals surface area contributed by atoms with E-state index in [-0.39, 0.29) is 30.1 Å². The first-order chi connectivity index (χ1) is 20.8. The molecule has 1 aliphatic rings. The molecule has 4 rings (SSSR count). The van der Waals surface area contributed by atoms with Crippen LogP contribution in [-0.4, -0.2) is 12.8 Å². The van der Waals surface area contributed by atoms with Gasteiger partial charge in [0.1, 0.15) is 22.9 Å². The lowest BCUT2D eigenvalue weighted by molar-refractivity contribution is -0.189. The maximum absolute atomic E-state index is 14.9. The van der Waals surface area contributed by atoms with Crippen molar-refractivity contribution in [1.82, 2.24) is 0 Å². The first-order valence-corrected chi connectivity index (χ1v) is 14.0. The standard InChI is InChI=1S/C32H29F9O3/c1-2-3-4-5-19-6-11-28(43-18-19)21-9-7-20(8-10-21)22-14-24(33)29(25(34)15-22)32(40,41)44-23-16-26(35)30(27(36)17-23)42-13-12-31(37,38)39/h7-10,12-17,19,28H,2-6,11,18H2,1H3/b13-12+. The lowest BCUT2D eigenvalue weighted by atomic mass is 9.90. The van der Waals surface area contributed by atoms with E-state index >= 15 is 0 Å². The first-order valence-electron chi connectivity index (χ1n) is 14.0. The van der Waals surface area contributed by atoms with Gasteiger partial charge in [-0.15, -0.1) is 0 Å². The molecule has 0 spiro atoms. The third-order valence-corrected chi connectivity index (χ3v) is 7.20. The van der Waals surface area contributed by atoms with Gasteiger partial charge in [-0.25, -0.2) is 17.6 Å². The van der Waals surface area contributed by atoms with Crippen molar-refractivity contribution in [1.29, 1.82) is 0 Å². The fourth-order valence-electron chi connectivity index (χ4n) is 4.97. The Morgan fingerprint density at radius 1 is 0.818 bits per heavy atom. The molecule has 3 aromatic rings. The summed E-state index contributed by atoms with van der Waals surface area (Å²) in [4.78, 5) is 0. The Labute approximate surface area is 248 Å². The van der Waals surface area contributed by atoms with Crippen molar-refractivity contribution in [3.05, 3.63) is 95.3 Å². The molecule has 0 N–H and O–H groups in total. The van der Waals surface area contributed by atoms with Crippen LogP contribution in [0.4, 0.5) is 39.5 Å². The van der Waals surface area contributed by atoms with Crippen LogP contribution in [0.2, 0.25) is 0 Å². The fourth-order valence-corrected chi connectivity index (χ4v) is 4.97. The highest BCUT2D eigenvalue weighted by atomic mass is 19.4. The van der Waals surface area contributed by atoms with E-state index in [0.29, 0.717) is 30.2 Å². The van der Waals surface area contributed by atoms with E-state index < -0.39 is 58.7 Å². The van der Waals surface area contributed by atoms with Crippen LogP contribution in [0.25, 0.3) is 11.1 Å². The van der Waals surface area contributed by atoms with Crippen LogP contribution >= 0.6 is 0 Å². The van der Waals surface area contributed by atoms with Crippen molar-refractivity contribution in [3.63, 3.8) is 0 Å². The number of halogens is 9. The van der Waals surface area contributed by atoms with Crippen molar-refractivity contribution in [3.8, 4) is 22.6 Å². The summed E-state index contributed by atoms with van der Waals surface area (Å²) in [6.45, 7) is 2.81. The molecule has 0 radical (unpaired) electrons. The molecule has 3 aromatic carbocycles. The molecule has 0 bridgehead atoms. The van der Waals surface area contributed by atoms with Crippen LogP contribution in [0.1, 0.15) is 62.7 Å². The summed E-state index contributed by atoms with van der Waals surface area (Å²) in [7, 11) is 0. The molecule has 238 valence electrons. The molecule has 0 aliphatic carbocycles. The van der Waals surface area contributed by atoms with Crippen molar-refractivity contribution in [2.45, 2.75) is 63.8 Å². The molecule has 2 unspecified atom stereocenters. The van der Waals surface area contributed by atoms with Gasteiger partial charge in [0.05, 0.1) is 25.0 Å². The number of alkyl halides is 5. The predicted octanol–water partition coefficient (Wildman–Crippen LogP) is 10.5. The quantitative estimate of drug-likeness (QED) is 0.120. The van der Waals surface area contributed by atoms with Gasteiger partial charge < -0.3 is 14.2 Å². The zero-order chi connectivity index (χ0) is 32.1. The molecular formula is C32H29F9O3. The van der Waals surface area contributed by atoms with Crippen LogP contribution < -0.4 is 9.47 Å². The number of allylic oxidation sites excluding steroid dienone is 1. The number of ether oxygens (including phenoxy) is 3. The molecule has 3 nitrogen and oxygen atoms in total. The first kappa shape index (κ1) is 33.2. The minimum absolute atomic E-state index is 0.0443. The highest BCUT2D eigenvalue weighted by Gasteiger charge is 2.41. The lowest BCUT2D eigenvalue weighted by Crippen LogP contribution is -2.25. The number of unbranched alkanes of at least 4 members (excludes halogenated alkanes) is 2. The molecule has 1 aliphatic heterocycles. The average molecular weight is 633 g/mol. The van der Waals surface area contributed by atoms with Gasteiger partial charge in [-0.05, 0) is 54.0 Å². The van der Waals surface area contributed by atoms with Gasteiger partial charge in [0.25, 0.3) is 0 Å². The molecule has 44 heavy (non-hydrogen) atoms. The van der Waals surface area contributed by atoms with Gasteiger partial charge in [-0.3, -0.25) is 0 Å². The Kier molecular flexibility index (Phi) is 10.5. The Bertz CT molecular complexity index is 1400. The van der Waals surface area contributed by atoms with Crippen molar-refractivity contribution in [2.24, 2.45) is 5.92 Å². The smallest absolute Gasteiger partial charge is 0.432 e. The van der Waals surface area contributed by atoms with Crippen molar-refractivity contribution in [2.75, 3.05) is 6.61 Å². The van der Waals surface area contributed by atoms with Crippen LogP contribution in [0.15, 0.2) is 60.9 Å². The second kappa shape index (κ2) is 14.0. The second-order valence-electron chi connectivity index (χ2n) is 10.5. The molecule has 0 saturated carbocycles. The van der Waals surface area contributed by atoms with Crippen LogP contribution in [0.3, 0.4) is 0 Å². The molecular weight excluding hydrogens is 603 g/mol. The predicted molar refractivity (Wildman–Crippen MR) is 144 cm³/mol. The van der Waals surface area contributed by atoms with Crippen molar-refractivity contribution < 1.29 is 53.7 Å². The molecule has 0 aromatic heterocycles. The Balaban J connectivity index is 1.45. The largest absolute Gasteiger partial charge is 0.459 e. The number of benzene rings is 3. The molecule has 1 saturated heterocycles. The monoisotopic (exact) mass is 632 g/mol. The maximum atomic E-state index is 14.9. The minimum Gasteiger partial charge on any atom is -0.459 e. The molecule has 0 amide bonds. The average Bonchev–Trinajstić information content (AvgIpc) is 2.94. The van der Waals surface area contributed by atoms with Crippen LogP contribution in [0, 0.1) is 29.2 Å². The summed E-state index contributed by atoms with van der Waals surface area (Å²) in [5.41, 5.74) is -0.631. The van der Waals surface area contributed by atoms with Gasteiger partial charge in [-0.1, -0.05) is 50.5 Å². The SMILES string of the molecule is CCCCCC1CCC(c2ccc(-c3cc(F)c(C(F)(F)Oc4cc(F)c(O/C=C/C(F)(F)F)c(F)c4)c(F)c3)cc2)OC1. The summed E-state index contributed by atoms with van der Waals surface area (Å²) in [5.74, 6) is -8.79. The zero-order valence-corrected chi connectivity index (χ0v) is 23.5. The summed E-state index contributed by atoms with van der Waals surface area (Å²) in [6.07, 6.45) is -3.70. The van der Waals surface area contributed by atoms with Gasteiger partial charge in [0.2, 0.25) is 0 Å². The second-order valence-corrected chi connectivity index (χ2v) is 10.5. The topological polar surface area (TPSA) is 27.7 Å². The van der Waals surface area contributed by atoms with Crippen LogP contribution in [0.5, 0.6) is 11.5 Å². The van der Waals surface area contributed by atoms with Gasteiger partial charge in [0, 0.05) is 12.1 Å². The number of hydrogen-bond acceptors (Lipinski definition) is 3. The van der Waals surface area contributed by atoms with E-state index in [9.17, 15) is 39.5 Å². The summed E-state index contributed by atoms with van der Waals surface area (Å²) in [5, 5.41) is 0. The summed E-state index contributed by atoms with van der Waals surface area (Å²) >= 11 is 0. The summed E-state index contributed by atoms with van der Waals surface area (Å²) in [6, 6.07) is 8.36. The number of hydrogen-bond donors (Lipinski definition) is 0. The highest BCUT2D eigenvalue weighted by Crippen LogP contribution is 2.39. The third-order valence-electron chi connectivity index (χ3n) is 7.20. The fraction of sp³-hybridized carbons (Fsp3) is 0.375. The maximum Gasteiger partial charge on any atom is 0.432 e. The Morgan fingerprint density at radius 3 is 2.00 bits per heavy atom. The molecule has 1 heterocycles. The molecule has 2 atom stereocenters. The normalized spacial score (nSPS) is 17.7. The van der Waals surface area contributed by atoms with E-state index in [1.807, 2.05) is 0 Å². The van der Waals surface area contributed by atoms with Gasteiger partial charge >= 0.3 is 12.3 Å². The van der Waals surface area contributed by atoms with Gasteiger partial charge in [-0.2, -0.15) is 22.0 Å². The van der Waals surface area contributed by atoms with E-state index in [0.717, 1.165) is 31.2 Å². The van der Waals surface area contributed by atoms with E-state index in [4.69, 9.17) is 4.74 Å². The molecule has 12 heteroatoms. The Morgan fingerprint density at radius 2 is 1.45 bits per heavy atom. The van der Waals surface area contributed by atoms with Gasteiger partial charge in [0.15, 0.2) is 17.4 Å².